The number of aliphatic carboxylic acids is 1. The number of hydrogen-bond acceptors (Lipinski definition) is 4. The minimum Gasteiger partial charge on any atom is -0.481 e. The van der Waals surface area contributed by atoms with Gasteiger partial charge in [0.25, 0.3) is 0 Å². The van der Waals surface area contributed by atoms with Gasteiger partial charge in [0.1, 0.15) is 0 Å². The lowest BCUT2D eigenvalue weighted by molar-refractivity contribution is -0.166. The standard InChI is InChI=1S/C38H56N2O4S/c1-22-25(23-17-27-28(18-23)33(27)34(41)42)8-12-35(2)29(22)9-13-36(3)30-10-14-38(11-4-5-31(38)26(30)6-7-32(35)36)39-15-16-40-21-37(45(43)44)19-24(40)20-37/h8,17,22,24,26-33,39H,4-7,9-16,18-21H2,1-3H3,(H,41,42)(H,43,44)/t22?,24?,26-,27?,28?,29?,30?,31+,32?,33?,35-,36-,37?,38-/m0/s1. The Kier molecular flexibility index (Phi) is 6.69. The maximum Gasteiger partial charge on any atom is 0.307 e. The summed E-state index contributed by atoms with van der Waals surface area (Å²) in [4.78, 5) is 14.1. The summed E-state index contributed by atoms with van der Waals surface area (Å²) in [5.41, 5.74) is 4.22. The minimum atomic E-state index is -1.69. The van der Waals surface area contributed by atoms with Crippen LogP contribution in [0.1, 0.15) is 104 Å². The lowest BCUT2D eigenvalue weighted by atomic mass is 9.38. The highest BCUT2D eigenvalue weighted by atomic mass is 32.2. The molecule has 2 bridgehead atoms. The number of nitrogens with zero attached hydrogens (tertiary/aromatic N) is 1. The first-order valence-corrected chi connectivity index (χ1v) is 19.8. The summed E-state index contributed by atoms with van der Waals surface area (Å²) in [5, 5.41) is 13.7. The zero-order valence-electron chi connectivity index (χ0n) is 27.8. The number of hydrogen-bond donors (Lipinski definition) is 3. The molecule has 8 aliphatic carbocycles. The van der Waals surface area contributed by atoms with Crippen molar-refractivity contribution in [3.8, 4) is 0 Å². The number of fused-ring (bicyclic) bond motifs is 9. The highest BCUT2D eigenvalue weighted by molar-refractivity contribution is 7.80. The van der Waals surface area contributed by atoms with E-state index >= 15 is 0 Å². The van der Waals surface area contributed by atoms with Crippen LogP contribution in [-0.4, -0.2) is 60.7 Å². The van der Waals surface area contributed by atoms with Crippen LogP contribution in [0, 0.1) is 64.1 Å². The molecule has 248 valence electrons. The molecule has 6 nitrogen and oxygen atoms in total. The van der Waals surface area contributed by atoms with Gasteiger partial charge in [-0.15, -0.1) is 0 Å². The van der Waals surface area contributed by atoms with Crippen LogP contribution in [0.2, 0.25) is 0 Å². The molecule has 7 heteroatoms. The van der Waals surface area contributed by atoms with Gasteiger partial charge < -0.3 is 15.0 Å². The highest BCUT2D eigenvalue weighted by Gasteiger charge is 2.65. The van der Waals surface area contributed by atoms with Crippen molar-refractivity contribution in [2.24, 2.45) is 64.1 Å². The van der Waals surface area contributed by atoms with Gasteiger partial charge in [-0.1, -0.05) is 39.3 Å². The van der Waals surface area contributed by atoms with Crippen LogP contribution in [0.15, 0.2) is 23.3 Å². The summed E-state index contributed by atoms with van der Waals surface area (Å²) in [6, 6.07) is 0.528. The van der Waals surface area contributed by atoms with Crippen molar-refractivity contribution >= 4 is 17.0 Å². The SMILES string of the molecule is CC1C(C2=CC3C(C2)C3C(=O)O)=CC[C@@]2(C)C1CC[C@@]1(C)C3CC[C@@]4(NCCN5CC6(S(=O)O)CC5C6)CCC[C@@H]4[C@H]3CCC21. The fourth-order valence-corrected chi connectivity index (χ4v) is 15.7. The molecule has 13 atom stereocenters. The first-order valence-electron chi connectivity index (χ1n) is 18.7. The molecule has 8 unspecified atom stereocenters. The molecule has 2 saturated heterocycles. The predicted molar refractivity (Wildman–Crippen MR) is 177 cm³/mol. The van der Waals surface area contributed by atoms with Gasteiger partial charge in [0.2, 0.25) is 0 Å². The Labute approximate surface area is 272 Å². The topological polar surface area (TPSA) is 89.9 Å². The van der Waals surface area contributed by atoms with Gasteiger partial charge in [-0.3, -0.25) is 9.69 Å². The number of rotatable bonds is 7. The van der Waals surface area contributed by atoms with Crippen molar-refractivity contribution < 1.29 is 18.7 Å². The zero-order chi connectivity index (χ0) is 31.1. The van der Waals surface area contributed by atoms with Gasteiger partial charge in [0.05, 0.1) is 10.7 Å². The van der Waals surface area contributed by atoms with E-state index in [1.807, 2.05) is 0 Å². The zero-order valence-corrected chi connectivity index (χ0v) is 28.6. The van der Waals surface area contributed by atoms with Crippen molar-refractivity contribution in [1.29, 1.82) is 0 Å². The quantitative estimate of drug-likeness (QED) is 0.271. The average Bonchev–Trinajstić information content (AvgIpc) is 3.45. The van der Waals surface area contributed by atoms with E-state index in [1.165, 1.54) is 69.8 Å². The Bertz CT molecular complexity index is 1370. The summed E-state index contributed by atoms with van der Waals surface area (Å²) in [7, 11) is 0. The molecule has 0 aromatic carbocycles. The second kappa shape index (κ2) is 10.0. The van der Waals surface area contributed by atoms with Crippen molar-refractivity contribution in [3.63, 3.8) is 0 Å². The fraction of sp³-hybridized carbons (Fsp3) is 0.868. The molecule has 0 amide bonds. The van der Waals surface area contributed by atoms with Crippen molar-refractivity contribution in [3.05, 3.63) is 23.3 Å². The van der Waals surface area contributed by atoms with E-state index in [2.05, 4.69) is 43.1 Å². The van der Waals surface area contributed by atoms with Crippen LogP contribution in [0.5, 0.6) is 0 Å². The molecule has 8 fully saturated rings. The monoisotopic (exact) mass is 636 g/mol. The molecule has 3 N–H and O–H groups in total. The summed E-state index contributed by atoms with van der Waals surface area (Å²) in [6.45, 7) is 10.8. The summed E-state index contributed by atoms with van der Waals surface area (Å²) < 4.78 is 21.4. The Morgan fingerprint density at radius 3 is 2.53 bits per heavy atom. The van der Waals surface area contributed by atoms with Gasteiger partial charge in [-0.25, -0.2) is 4.21 Å². The van der Waals surface area contributed by atoms with Crippen molar-refractivity contribution in [1.82, 2.24) is 10.2 Å². The number of carboxylic acid groups (broad SMARTS) is 1. The van der Waals surface area contributed by atoms with Crippen molar-refractivity contribution in [2.45, 2.75) is 121 Å². The largest absolute Gasteiger partial charge is 0.481 e. The van der Waals surface area contributed by atoms with Crippen LogP contribution in [0.3, 0.4) is 0 Å². The van der Waals surface area contributed by atoms with E-state index in [0.717, 1.165) is 68.5 Å². The second-order valence-corrected chi connectivity index (χ2v) is 19.7. The molecular weight excluding hydrogens is 580 g/mol. The summed E-state index contributed by atoms with van der Waals surface area (Å²) in [5.74, 6) is 4.62. The smallest absolute Gasteiger partial charge is 0.307 e. The van der Waals surface area contributed by atoms with E-state index in [4.69, 9.17) is 0 Å². The van der Waals surface area contributed by atoms with Gasteiger partial charge in [-0.2, -0.15) is 0 Å². The molecule has 0 aromatic heterocycles. The second-order valence-electron chi connectivity index (χ2n) is 18.3. The third-order valence-corrected chi connectivity index (χ3v) is 18.1. The Hall–Kier alpha value is -1.02. The maximum absolute atomic E-state index is 11.9. The van der Waals surface area contributed by atoms with E-state index in [9.17, 15) is 18.7 Å². The number of nitrogens with one attached hydrogen (secondary N) is 1. The van der Waals surface area contributed by atoms with E-state index in [1.54, 1.807) is 5.57 Å². The summed E-state index contributed by atoms with van der Waals surface area (Å²) >= 11 is -1.69. The van der Waals surface area contributed by atoms with Gasteiger partial charge in [-0.05, 0) is 146 Å². The number of carbonyl (C=O) groups is 1. The number of carboxylic acids is 1. The fourth-order valence-electron chi connectivity index (χ4n) is 14.8. The highest BCUT2D eigenvalue weighted by Crippen LogP contribution is 2.71. The molecule has 2 aliphatic heterocycles. The lowest BCUT2D eigenvalue weighted by Crippen LogP contribution is -2.63. The Morgan fingerprint density at radius 1 is 1.02 bits per heavy atom. The molecule has 10 rings (SSSR count). The Morgan fingerprint density at radius 2 is 1.82 bits per heavy atom. The lowest BCUT2D eigenvalue weighted by Gasteiger charge is -2.67. The van der Waals surface area contributed by atoms with Gasteiger partial charge in [0.15, 0.2) is 11.1 Å². The first kappa shape index (κ1) is 30.1. The molecule has 6 saturated carbocycles. The Balaban J connectivity index is 0.889. The van der Waals surface area contributed by atoms with Crippen LogP contribution < -0.4 is 5.32 Å². The molecule has 10 aliphatic rings. The molecule has 0 radical (unpaired) electrons. The molecule has 45 heavy (non-hydrogen) atoms. The van der Waals surface area contributed by atoms with Crippen LogP contribution in [-0.2, 0) is 15.9 Å². The number of allylic oxidation sites excluding steroid dienone is 4. The van der Waals surface area contributed by atoms with Gasteiger partial charge >= 0.3 is 5.97 Å². The molecule has 0 aromatic rings. The minimum absolute atomic E-state index is 0.114. The normalized spacial score (nSPS) is 54.8. The van der Waals surface area contributed by atoms with Crippen LogP contribution in [0.25, 0.3) is 0 Å². The van der Waals surface area contributed by atoms with Gasteiger partial charge in [0, 0.05) is 31.2 Å². The average molecular weight is 637 g/mol. The van der Waals surface area contributed by atoms with Crippen LogP contribution in [0.4, 0.5) is 0 Å². The van der Waals surface area contributed by atoms with Crippen molar-refractivity contribution in [2.75, 3.05) is 19.6 Å². The molecule has 2 heterocycles. The summed E-state index contributed by atoms with van der Waals surface area (Å²) in [6.07, 6.45) is 21.4. The maximum atomic E-state index is 11.9. The van der Waals surface area contributed by atoms with E-state index < -0.39 is 17.0 Å². The predicted octanol–water partition coefficient (Wildman–Crippen LogP) is 6.66. The third kappa shape index (κ3) is 4.08. The first-order chi connectivity index (χ1) is 21.5. The molecular formula is C38H56N2O4S. The molecule has 0 spiro atoms. The third-order valence-electron chi connectivity index (χ3n) is 16.9. The van der Waals surface area contributed by atoms with E-state index in [0.29, 0.717) is 40.2 Å². The van der Waals surface area contributed by atoms with Crippen LogP contribution >= 0.6 is 0 Å². The van der Waals surface area contributed by atoms with E-state index in [-0.39, 0.29) is 10.7 Å².